The van der Waals surface area contributed by atoms with E-state index in [4.69, 9.17) is 5.73 Å². The number of carbonyl (C=O) groups excluding carboxylic acids is 2. The third-order valence-corrected chi connectivity index (χ3v) is 6.86. The summed E-state index contributed by atoms with van der Waals surface area (Å²) in [6.45, 7) is 0. The Morgan fingerprint density at radius 3 is 2.37 bits per heavy atom. The van der Waals surface area contributed by atoms with Crippen LogP contribution < -0.4 is 20.9 Å². The van der Waals surface area contributed by atoms with E-state index in [-0.39, 0.29) is 18.2 Å². The van der Waals surface area contributed by atoms with Gasteiger partial charge >= 0.3 is 0 Å². The minimum absolute atomic E-state index is 0.0281. The molecule has 2 aromatic rings. The van der Waals surface area contributed by atoms with Gasteiger partial charge in [-0.3, -0.25) is 5.32 Å². The molecule has 3 N–H and O–H groups in total. The van der Waals surface area contributed by atoms with Gasteiger partial charge in [0, 0.05) is 44.2 Å². The van der Waals surface area contributed by atoms with Gasteiger partial charge in [-0.1, -0.05) is 36.4 Å². The Balaban J connectivity index is 1.77. The van der Waals surface area contributed by atoms with Gasteiger partial charge in [0.25, 0.3) is 0 Å². The van der Waals surface area contributed by atoms with Crippen LogP contribution in [0, 0.1) is 0 Å². The zero-order chi connectivity index (χ0) is 21.3. The van der Waals surface area contributed by atoms with E-state index in [0.717, 1.165) is 30.2 Å². The van der Waals surface area contributed by atoms with Crippen LogP contribution in [0.15, 0.2) is 48.5 Å². The Morgan fingerprint density at radius 2 is 1.63 bits per heavy atom. The van der Waals surface area contributed by atoms with Crippen LogP contribution in [-0.2, 0) is 15.1 Å². The SMILES string of the molecule is CN1c2ccccc2[C@H](CCC=O)C1N[C@]1(CCC=O)c2ccccc2N(C)C1N. The van der Waals surface area contributed by atoms with E-state index in [9.17, 15) is 9.59 Å². The van der Waals surface area contributed by atoms with Crippen molar-refractivity contribution in [2.24, 2.45) is 5.73 Å². The smallest absolute Gasteiger partial charge is 0.120 e. The molecule has 0 saturated heterocycles. The number of nitrogens with two attached hydrogens (primary N) is 1. The van der Waals surface area contributed by atoms with Crippen LogP contribution in [0.25, 0.3) is 0 Å². The lowest BCUT2D eigenvalue weighted by atomic mass is 9.83. The molecule has 0 aliphatic carbocycles. The topological polar surface area (TPSA) is 78.7 Å². The van der Waals surface area contributed by atoms with Gasteiger partial charge in [0.05, 0.1) is 17.9 Å². The number of carbonyl (C=O) groups is 2. The van der Waals surface area contributed by atoms with Gasteiger partial charge in [-0.25, -0.2) is 0 Å². The van der Waals surface area contributed by atoms with Crippen molar-refractivity contribution in [3.8, 4) is 0 Å². The van der Waals surface area contributed by atoms with Crippen LogP contribution in [-0.4, -0.2) is 39.0 Å². The summed E-state index contributed by atoms with van der Waals surface area (Å²) in [6, 6.07) is 16.6. The second-order valence-corrected chi connectivity index (χ2v) is 8.36. The lowest BCUT2D eigenvalue weighted by Gasteiger charge is -2.42. The van der Waals surface area contributed by atoms with Crippen molar-refractivity contribution in [1.82, 2.24) is 5.32 Å². The molecule has 0 fully saturated rings. The quantitative estimate of drug-likeness (QED) is 0.657. The number of nitrogens with zero attached hydrogens (tertiary/aromatic N) is 2. The molecule has 30 heavy (non-hydrogen) atoms. The van der Waals surface area contributed by atoms with Gasteiger partial charge in [-0.15, -0.1) is 0 Å². The highest BCUT2D eigenvalue weighted by Crippen LogP contribution is 2.48. The first-order valence-electron chi connectivity index (χ1n) is 10.6. The molecule has 4 atom stereocenters. The maximum atomic E-state index is 11.4. The van der Waals surface area contributed by atoms with E-state index in [1.807, 2.05) is 25.2 Å². The summed E-state index contributed by atoms with van der Waals surface area (Å²) in [5.41, 5.74) is 10.9. The highest BCUT2D eigenvalue weighted by atomic mass is 16.1. The van der Waals surface area contributed by atoms with Crippen molar-refractivity contribution >= 4 is 23.9 Å². The van der Waals surface area contributed by atoms with Gasteiger partial charge in [0.2, 0.25) is 0 Å². The summed E-state index contributed by atoms with van der Waals surface area (Å²) in [4.78, 5) is 26.9. The van der Waals surface area contributed by atoms with Crippen molar-refractivity contribution in [3.05, 3.63) is 59.7 Å². The van der Waals surface area contributed by atoms with Gasteiger partial charge < -0.3 is 25.1 Å². The van der Waals surface area contributed by atoms with Gasteiger partial charge in [0.1, 0.15) is 12.6 Å². The summed E-state index contributed by atoms with van der Waals surface area (Å²) in [6.07, 6.45) is 3.93. The number of rotatable bonds is 8. The van der Waals surface area contributed by atoms with Crippen LogP contribution in [0.4, 0.5) is 11.4 Å². The van der Waals surface area contributed by atoms with E-state index in [1.54, 1.807) is 0 Å². The van der Waals surface area contributed by atoms with Gasteiger partial charge in [0.15, 0.2) is 0 Å². The molecule has 6 heteroatoms. The normalized spacial score (nSPS) is 27.1. The summed E-state index contributed by atoms with van der Waals surface area (Å²) in [5.74, 6) is 0.162. The largest absolute Gasteiger partial charge is 0.358 e. The van der Waals surface area contributed by atoms with E-state index < -0.39 is 5.54 Å². The minimum Gasteiger partial charge on any atom is -0.358 e. The Kier molecular flexibility index (Phi) is 5.62. The third kappa shape index (κ3) is 3.11. The number of aldehydes is 2. The zero-order valence-electron chi connectivity index (χ0n) is 17.6. The molecule has 2 aromatic carbocycles. The summed E-state index contributed by atoms with van der Waals surface area (Å²) in [7, 11) is 4.09. The second kappa shape index (κ2) is 8.20. The molecule has 4 rings (SSSR count). The zero-order valence-corrected chi connectivity index (χ0v) is 17.6. The number of hydrogen-bond acceptors (Lipinski definition) is 6. The summed E-state index contributed by atoms with van der Waals surface area (Å²) < 4.78 is 0. The molecular formula is C24H30N4O2. The monoisotopic (exact) mass is 406 g/mol. The summed E-state index contributed by atoms with van der Waals surface area (Å²) >= 11 is 0. The average Bonchev–Trinajstić information content (AvgIpc) is 3.16. The number of hydrogen-bond donors (Lipinski definition) is 2. The molecule has 0 amide bonds. The number of fused-ring (bicyclic) bond motifs is 2. The van der Waals surface area contributed by atoms with Crippen LogP contribution >= 0.6 is 0 Å². The Hall–Kier alpha value is -2.70. The fourth-order valence-corrected chi connectivity index (χ4v) is 5.34. The maximum absolute atomic E-state index is 11.4. The van der Waals surface area contributed by atoms with E-state index in [1.165, 1.54) is 11.3 Å². The van der Waals surface area contributed by atoms with E-state index in [0.29, 0.717) is 19.3 Å². The first-order chi connectivity index (χ1) is 14.5. The number of benzene rings is 2. The Morgan fingerprint density at radius 1 is 0.967 bits per heavy atom. The fraction of sp³-hybridized carbons (Fsp3) is 0.417. The number of anilines is 2. The molecule has 2 aliphatic rings. The first kappa shape index (κ1) is 20.6. The molecule has 158 valence electrons. The predicted molar refractivity (Wildman–Crippen MR) is 120 cm³/mol. The number of nitrogens with one attached hydrogen (secondary N) is 1. The first-order valence-corrected chi connectivity index (χ1v) is 10.6. The third-order valence-electron chi connectivity index (χ3n) is 6.86. The van der Waals surface area contributed by atoms with Gasteiger partial charge in [-0.2, -0.15) is 0 Å². The van der Waals surface area contributed by atoms with Crippen LogP contribution in [0.3, 0.4) is 0 Å². The molecule has 6 nitrogen and oxygen atoms in total. The Labute approximate surface area is 178 Å². The molecule has 0 saturated carbocycles. The minimum atomic E-state index is -0.563. The average molecular weight is 407 g/mol. The lowest BCUT2D eigenvalue weighted by molar-refractivity contribution is -0.109. The fourth-order valence-electron chi connectivity index (χ4n) is 5.34. The highest BCUT2D eigenvalue weighted by Gasteiger charge is 2.51. The van der Waals surface area contributed by atoms with Crippen molar-refractivity contribution in [3.63, 3.8) is 0 Å². The predicted octanol–water partition coefficient (Wildman–Crippen LogP) is 2.72. The van der Waals surface area contributed by atoms with Crippen molar-refractivity contribution in [2.75, 3.05) is 23.9 Å². The molecule has 2 unspecified atom stereocenters. The highest BCUT2D eigenvalue weighted by molar-refractivity contribution is 5.66. The molecular weight excluding hydrogens is 376 g/mol. The lowest BCUT2D eigenvalue weighted by Crippen LogP contribution is -2.63. The van der Waals surface area contributed by atoms with Crippen molar-refractivity contribution in [2.45, 2.75) is 49.5 Å². The Bertz CT molecular complexity index is 933. The maximum Gasteiger partial charge on any atom is 0.120 e. The van der Waals surface area contributed by atoms with E-state index in [2.05, 4.69) is 52.5 Å². The summed E-state index contributed by atoms with van der Waals surface area (Å²) in [5, 5.41) is 3.90. The molecule has 0 radical (unpaired) electrons. The number of likely N-dealkylation sites (N-methyl/N-ethyl adjacent to an activating group) is 2. The van der Waals surface area contributed by atoms with Crippen molar-refractivity contribution < 1.29 is 9.59 Å². The van der Waals surface area contributed by atoms with Crippen LogP contribution in [0.1, 0.15) is 42.7 Å². The molecule has 2 aliphatic heterocycles. The van der Waals surface area contributed by atoms with E-state index >= 15 is 0 Å². The van der Waals surface area contributed by atoms with Crippen LogP contribution in [0.2, 0.25) is 0 Å². The molecule has 0 bridgehead atoms. The second-order valence-electron chi connectivity index (χ2n) is 8.36. The molecule has 0 aromatic heterocycles. The van der Waals surface area contributed by atoms with Gasteiger partial charge in [-0.05, 0) is 36.1 Å². The molecule has 0 spiro atoms. The van der Waals surface area contributed by atoms with Crippen molar-refractivity contribution in [1.29, 1.82) is 0 Å². The number of para-hydroxylation sites is 2. The standard InChI is InChI=1S/C24H30N4O2/c1-27-20-12-5-3-9-17(20)18(10-7-15-29)22(27)26-24(14-8-16-30)19-11-4-6-13-21(19)28(2)23(24)25/h3-6,9,11-13,15-16,18,22-23,26H,7-8,10,14,25H2,1-2H3/t18-,22?,23?,24+/m0/s1. The van der Waals surface area contributed by atoms with Crippen LogP contribution in [0.5, 0.6) is 0 Å². The molecule has 2 heterocycles.